The van der Waals surface area contributed by atoms with Gasteiger partial charge in [0, 0.05) is 43.3 Å². The first-order valence-electron chi connectivity index (χ1n) is 9.21. The molecule has 3 aromatic rings. The van der Waals surface area contributed by atoms with Gasteiger partial charge in [0.15, 0.2) is 0 Å². The molecule has 0 fully saturated rings. The number of pyridine rings is 2. The lowest BCUT2D eigenvalue weighted by Crippen LogP contribution is -2.22. The molecule has 1 aliphatic rings. The van der Waals surface area contributed by atoms with Crippen LogP contribution < -0.4 is 10.2 Å². The van der Waals surface area contributed by atoms with E-state index in [1.807, 2.05) is 31.2 Å². The maximum atomic E-state index is 12.3. The number of aromatic nitrogens is 2. The fourth-order valence-electron chi connectivity index (χ4n) is 3.30. The predicted octanol–water partition coefficient (Wildman–Crippen LogP) is 3.42. The number of anilines is 1. The minimum atomic E-state index is -0.148. The van der Waals surface area contributed by atoms with Crippen LogP contribution in [0.1, 0.15) is 28.4 Å². The highest BCUT2D eigenvalue weighted by Crippen LogP contribution is 2.31. The fourth-order valence-corrected chi connectivity index (χ4v) is 3.30. The van der Waals surface area contributed by atoms with Gasteiger partial charge in [-0.25, -0.2) is 0 Å². The molecule has 1 aliphatic heterocycles. The molecule has 1 amide bonds. The third-order valence-electron chi connectivity index (χ3n) is 4.72. The summed E-state index contributed by atoms with van der Waals surface area (Å²) in [6.07, 6.45) is 6.05. The lowest BCUT2D eigenvalue weighted by molar-refractivity contribution is 0.0950. The minimum Gasteiger partial charge on any atom is -0.348 e. The number of nitrogens with zero attached hydrogens (tertiary/aromatic N) is 3. The van der Waals surface area contributed by atoms with Crippen molar-refractivity contribution in [2.75, 3.05) is 11.4 Å². The van der Waals surface area contributed by atoms with Gasteiger partial charge in [-0.2, -0.15) is 0 Å². The zero-order valence-corrected chi connectivity index (χ0v) is 15.6. The van der Waals surface area contributed by atoms with Crippen LogP contribution in [0.5, 0.6) is 0 Å². The number of rotatable bonds is 4. The summed E-state index contributed by atoms with van der Waals surface area (Å²) >= 11 is 0. The van der Waals surface area contributed by atoms with Crippen molar-refractivity contribution < 1.29 is 4.79 Å². The topological polar surface area (TPSA) is 58.1 Å². The zero-order chi connectivity index (χ0) is 19.3. The molecule has 0 spiro atoms. The SMILES string of the molecule is CC#CN1CCc2cc(-c3ccc(C(=O)NCc4cccnc4)cn3)ccc21. The Bertz CT molecular complexity index is 1050. The molecular weight excluding hydrogens is 348 g/mol. The number of fused-ring (bicyclic) bond motifs is 1. The first kappa shape index (κ1) is 17.7. The normalized spacial score (nSPS) is 12.1. The summed E-state index contributed by atoms with van der Waals surface area (Å²) in [7, 11) is 0. The van der Waals surface area contributed by atoms with Gasteiger partial charge in [-0.1, -0.05) is 18.1 Å². The van der Waals surface area contributed by atoms with Gasteiger partial charge in [-0.05, 0) is 54.8 Å². The molecule has 4 rings (SSSR count). The van der Waals surface area contributed by atoms with Gasteiger partial charge < -0.3 is 10.2 Å². The molecule has 0 radical (unpaired) electrons. The lowest BCUT2D eigenvalue weighted by Gasteiger charge is -2.11. The molecule has 1 N–H and O–H groups in total. The van der Waals surface area contributed by atoms with E-state index in [1.165, 1.54) is 11.3 Å². The van der Waals surface area contributed by atoms with Gasteiger partial charge in [0.2, 0.25) is 0 Å². The van der Waals surface area contributed by atoms with Crippen molar-refractivity contribution >= 4 is 11.6 Å². The van der Waals surface area contributed by atoms with Gasteiger partial charge in [0.25, 0.3) is 5.91 Å². The molecular formula is C23H20N4O. The van der Waals surface area contributed by atoms with Crippen molar-refractivity contribution in [1.29, 1.82) is 0 Å². The second-order valence-corrected chi connectivity index (χ2v) is 6.58. The highest BCUT2D eigenvalue weighted by molar-refractivity contribution is 5.94. The second-order valence-electron chi connectivity index (χ2n) is 6.58. The zero-order valence-electron chi connectivity index (χ0n) is 15.6. The third kappa shape index (κ3) is 3.72. The van der Waals surface area contributed by atoms with E-state index in [9.17, 15) is 4.79 Å². The molecule has 5 heteroatoms. The number of hydrogen-bond acceptors (Lipinski definition) is 4. The summed E-state index contributed by atoms with van der Waals surface area (Å²) < 4.78 is 0. The predicted molar refractivity (Wildman–Crippen MR) is 110 cm³/mol. The third-order valence-corrected chi connectivity index (χ3v) is 4.72. The summed E-state index contributed by atoms with van der Waals surface area (Å²) in [6, 6.07) is 16.9. The molecule has 0 unspecified atom stereocenters. The van der Waals surface area contributed by atoms with Crippen LogP contribution in [0.4, 0.5) is 5.69 Å². The number of amides is 1. The van der Waals surface area contributed by atoms with Crippen molar-refractivity contribution in [3.05, 3.63) is 77.7 Å². The monoisotopic (exact) mass is 368 g/mol. The van der Waals surface area contributed by atoms with Gasteiger partial charge >= 0.3 is 0 Å². The van der Waals surface area contributed by atoms with E-state index in [2.05, 4.69) is 50.3 Å². The van der Waals surface area contributed by atoms with E-state index in [1.54, 1.807) is 18.6 Å². The Morgan fingerprint density at radius 3 is 2.89 bits per heavy atom. The average Bonchev–Trinajstić information content (AvgIpc) is 3.15. The smallest absolute Gasteiger partial charge is 0.253 e. The second kappa shape index (κ2) is 7.93. The van der Waals surface area contributed by atoms with Crippen molar-refractivity contribution in [3.8, 4) is 23.2 Å². The van der Waals surface area contributed by atoms with Crippen molar-refractivity contribution in [1.82, 2.24) is 15.3 Å². The summed E-state index contributed by atoms with van der Waals surface area (Å²) in [5.74, 6) is 2.81. The van der Waals surface area contributed by atoms with Gasteiger partial charge in [-0.3, -0.25) is 14.8 Å². The van der Waals surface area contributed by atoms with Crippen LogP contribution in [0, 0.1) is 12.0 Å². The molecule has 0 aliphatic carbocycles. The number of nitrogens with one attached hydrogen (secondary N) is 1. The van der Waals surface area contributed by atoms with Crippen LogP contribution in [0.25, 0.3) is 11.3 Å². The van der Waals surface area contributed by atoms with E-state index in [0.29, 0.717) is 12.1 Å². The largest absolute Gasteiger partial charge is 0.348 e. The maximum Gasteiger partial charge on any atom is 0.253 e. The highest BCUT2D eigenvalue weighted by Gasteiger charge is 2.18. The van der Waals surface area contributed by atoms with Gasteiger partial charge in [-0.15, -0.1) is 0 Å². The van der Waals surface area contributed by atoms with E-state index >= 15 is 0 Å². The molecule has 0 saturated heterocycles. The summed E-state index contributed by atoms with van der Waals surface area (Å²) in [4.78, 5) is 22.9. The van der Waals surface area contributed by atoms with Crippen LogP contribution in [-0.4, -0.2) is 22.4 Å². The molecule has 2 aromatic heterocycles. The number of carbonyl (C=O) groups excluding carboxylic acids is 1. The Kier molecular flexibility index (Phi) is 5.03. The number of benzene rings is 1. The Hall–Kier alpha value is -3.65. The number of carbonyl (C=O) groups is 1. The average molecular weight is 368 g/mol. The molecule has 138 valence electrons. The molecule has 5 nitrogen and oxygen atoms in total. The van der Waals surface area contributed by atoms with Crippen molar-refractivity contribution in [3.63, 3.8) is 0 Å². The standard InChI is InChI=1S/C23H20N4O/c1-2-11-27-12-9-19-13-18(6-8-22(19)27)21-7-5-20(16-25-21)23(28)26-15-17-4-3-10-24-14-17/h3-8,10,13-14,16H,9,12,15H2,1H3,(H,26,28). The molecule has 3 heterocycles. The minimum absolute atomic E-state index is 0.148. The molecule has 28 heavy (non-hydrogen) atoms. The lowest BCUT2D eigenvalue weighted by atomic mass is 10.0. The maximum absolute atomic E-state index is 12.3. The molecule has 0 atom stereocenters. The van der Waals surface area contributed by atoms with Crippen LogP contribution in [0.15, 0.2) is 61.1 Å². The summed E-state index contributed by atoms with van der Waals surface area (Å²) in [5, 5.41) is 2.89. The highest BCUT2D eigenvalue weighted by atomic mass is 16.1. The fraction of sp³-hybridized carbons (Fsp3) is 0.174. The van der Waals surface area contributed by atoms with Crippen molar-refractivity contribution in [2.45, 2.75) is 19.9 Å². The van der Waals surface area contributed by atoms with E-state index < -0.39 is 0 Å². The van der Waals surface area contributed by atoms with E-state index in [-0.39, 0.29) is 5.91 Å². The molecule has 0 bridgehead atoms. The first-order valence-corrected chi connectivity index (χ1v) is 9.21. The van der Waals surface area contributed by atoms with Crippen LogP contribution >= 0.6 is 0 Å². The molecule has 0 saturated carbocycles. The van der Waals surface area contributed by atoms with E-state index in [4.69, 9.17) is 0 Å². The Labute approximate surface area is 164 Å². The van der Waals surface area contributed by atoms with Gasteiger partial charge in [0.1, 0.15) is 0 Å². The van der Waals surface area contributed by atoms with E-state index in [0.717, 1.165) is 29.8 Å². The van der Waals surface area contributed by atoms with Crippen molar-refractivity contribution in [2.24, 2.45) is 0 Å². The molecule has 1 aromatic carbocycles. The van der Waals surface area contributed by atoms with Crippen LogP contribution in [0.2, 0.25) is 0 Å². The number of hydrogen-bond donors (Lipinski definition) is 1. The van der Waals surface area contributed by atoms with Crippen LogP contribution in [0.3, 0.4) is 0 Å². The Morgan fingerprint density at radius 2 is 2.14 bits per heavy atom. The quantitative estimate of drug-likeness (QED) is 0.717. The summed E-state index contributed by atoms with van der Waals surface area (Å²) in [6.45, 7) is 3.21. The first-order chi connectivity index (χ1) is 13.7. The van der Waals surface area contributed by atoms with Crippen LogP contribution in [-0.2, 0) is 13.0 Å². The Morgan fingerprint density at radius 1 is 1.21 bits per heavy atom. The summed E-state index contributed by atoms with van der Waals surface area (Å²) in [5.41, 5.74) is 5.85. The van der Waals surface area contributed by atoms with Gasteiger partial charge in [0.05, 0.1) is 16.9 Å². The Balaban J connectivity index is 1.46.